The van der Waals surface area contributed by atoms with E-state index in [1.807, 2.05) is 13.8 Å². The molecule has 0 saturated carbocycles. The van der Waals surface area contributed by atoms with Crippen molar-refractivity contribution in [1.82, 2.24) is 9.80 Å². The Morgan fingerprint density at radius 1 is 0.359 bits per heavy atom. The van der Waals surface area contributed by atoms with Crippen LogP contribution in [0.5, 0.6) is 0 Å². The SMILES string of the molecule is CCCCCCCCCCCCN(CCCCCN(CCCCCCCCCCCC)CC(C)O)CC(C)O. The summed E-state index contributed by atoms with van der Waals surface area (Å²) in [4.78, 5) is 4.99. The third kappa shape index (κ3) is 30.6. The Labute approximate surface area is 246 Å². The second-order valence-corrected chi connectivity index (χ2v) is 12.7. The Morgan fingerprint density at radius 2 is 0.564 bits per heavy atom. The lowest BCUT2D eigenvalue weighted by Gasteiger charge is -2.25. The zero-order valence-corrected chi connectivity index (χ0v) is 27.4. The summed E-state index contributed by atoms with van der Waals surface area (Å²) in [7, 11) is 0. The molecule has 0 spiro atoms. The summed E-state index contributed by atoms with van der Waals surface area (Å²) in [6.45, 7) is 14.5. The average molecular weight is 555 g/mol. The third-order valence-corrected chi connectivity index (χ3v) is 8.15. The van der Waals surface area contributed by atoms with Gasteiger partial charge in [-0.3, -0.25) is 0 Å². The Balaban J connectivity index is 3.94. The fourth-order valence-electron chi connectivity index (χ4n) is 5.83. The molecule has 0 heterocycles. The molecule has 0 radical (unpaired) electrons. The minimum atomic E-state index is -0.240. The molecule has 0 aliphatic carbocycles. The van der Waals surface area contributed by atoms with E-state index in [0.717, 1.165) is 39.3 Å². The molecule has 0 saturated heterocycles. The maximum absolute atomic E-state index is 9.97. The molecular weight excluding hydrogens is 480 g/mol. The summed E-state index contributed by atoms with van der Waals surface area (Å²) in [5.41, 5.74) is 0. The predicted molar refractivity (Wildman–Crippen MR) is 174 cm³/mol. The van der Waals surface area contributed by atoms with E-state index in [9.17, 15) is 10.2 Å². The van der Waals surface area contributed by atoms with Crippen LogP contribution in [0.4, 0.5) is 0 Å². The van der Waals surface area contributed by atoms with Gasteiger partial charge in [-0.15, -0.1) is 0 Å². The molecule has 4 nitrogen and oxygen atoms in total. The van der Waals surface area contributed by atoms with Gasteiger partial charge in [0, 0.05) is 13.1 Å². The van der Waals surface area contributed by atoms with Crippen molar-refractivity contribution in [3.63, 3.8) is 0 Å². The van der Waals surface area contributed by atoms with Gasteiger partial charge in [0.05, 0.1) is 12.2 Å². The first kappa shape index (κ1) is 38.8. The molecule has 0 bridgehead atoms. The maximum Gasteiger partial charge on any atom is 0.0639 e. The van der Waals surface area contributed by atoms with E-state index in [1.54, 1.807) is 0 Å². The van der Waals surface area contributed by atoms with E-state index in [0.29, 0.717) is 0 Å². The lowest BCUT2D eigenvalue weighted by molar-refractivity contribution is 0.119. The molecule has 0 rings (SSSR count). The fourth-order valence-corrected chi connectivity index (χ4v) is 5.83. The quantitative estimate of drug-likeness (QED) is 0.0813. The molecule has 2 unspecified atom stereocenters. The molecule has 39 heavy (non-hydrogen) atoms. The number of rotatable bonds is 32. The van der Waals surface area contributed by atoms with Crippen LogP contribution in [0.2, 0.25) is 0 Å². The van der Waals surface area contributed by atoms with Gasteiger partial charge in [0.2, 0.25) is 0 Å². The highest BCUT2D eigenvalue weighted by Gasteiger charge is 2.10. The van der Waals surface area contributed by atoms with E-state index in [-0.39, 0.29) is 12.2 Å². The van der Waals surface area contributed by atoms with Gasteiger partial charge in [-0.25, -0.2) is 0 Å². The van der Waals surface area contributed by atoms with E-state index < -0.39 is 0 Å². The summed E-state index contributed by atoms with van der Waals surface area (Å²) >= 11 is 0. The molecule has 4 heteroatoms. The zero-order valence-electron chi connectivity index (χ0n) is 27.4. The van der Waals surface area contributed by atoms with Crippen molar-refractivity contribution in [3.05, 3.63) is 0 Å². The van der Waals surface area contributed by atoms with Crippen LogP contribution < -0.4 is 0 Å². The Kier molecular flexibility index (Phi) is 30.7. The minimum Gasteiger partial charge on any atom is -0.392 e. The molecule has 0 aromatic heterocycles. The maximum atomic E-state index is 9.97. The normalized spacial score (nSPS) is 13.5. The number of aliphatic hydroxyl groups is 2. The van der Waals surface area contributed by atoms with Crippen LogP contribution >= 0.6 is 0 Å². The topological polar surface area (TPSA) is 46.9 Å². The van der Waals surface area contributed by atoms with Crippen molar-refractivity contribution >= 4 is 0 Å². The standard InChI is InChI=1S/C35H74N2O2/c1-5-7-9-11-13-15-17-19-21-24-28-36(32-34(3)38)30-26-23-27-31-37(33-35(4)39)29-25-22-20-18-16-14-12-10-8-6-2/h34-35,38-39H,5-33H2,1-4H3. The number of unbranched alkanes of at least 4 members (excludes halogenated alkanes) is 20. The highest BCUT2D eigenvalue weighted by atomic mass is 16.3. The first-order valence-electron chi connectivity index (χ1n) is 17.8. The van der Waals surface area contributed by atoms with Gasteiger partial charge in [0.1, 0.15) is 0 Å². The Morgan fingerprint density at radius 3 is 0.795 bits per heavy atom. The summed E-state index contributed by atoms with van der Waals surface area (Å²) in [5, 5.41) is 19.9. The van der Waals surface area contributed by atoms with Gasteiger partial charge in [0.15, 0.2) is 0 Å². The van der Waals surface area contributed by atoms with E-state index in [2.05, 4.69) is 23.6 Å². The lowest BCUT2D eigenvalue weighted by atomic mass is 10.1. The summed E-state index contributed by atoms with van der Waals surface area (Å²) in [6, 6.07) is 0. The summed E-state index contributed by atoms with van der Waals surface area (Å²) in [6.07, 6.45) is 30.7. The molecule has 0 aromatic rings. The van der Waals surface area contributed by atoms with Gasteiger partial charge in [-0.2, -0.15) is 0 Å². The van der Waals surface area contributed by atoms with Crippen LogP contribution in [0.1, 0.15) is 175 Å². The van der Waals surface area contributed by atoms with Crippen LogP contribution in [0.25, 0.3) is 0 Å². The zero-order chi connectivity index (χ0) is 28.8. The van der Waals surface area contributed by atoms with Crippen LogP contribution in [-0.2, 0) is 0 Å². The van der Waals surface area contributed by atoms with Crippen molar-refractivity contribution in [1.29, 1.82) is 0 Å². The summed E-state index contributed by atoms with van der Waals surface area (Å²) < 4.78 is 0. The van der Waals surface area contributed by atoms with Crippen LogP contribution in [0.15, 0.2) is 0 Å². The largest absolute Gasteiger partial charge is 0.392 e. The van der Waals surface area contributed by atoms with E-state index >= 15 is 0 Å². The molecule has 0 fully saturated rings. The monoisotopic (exact) mass is 555 g/mol. The molecular formula is C35H74N2O2. The van der Waals surface area contributed by atoms with Crippen LogP contribution in [-0.4, -0.2) is 71.5 Å². The molecule has 0 aliphatic rings. The van der Waals surface area contributed by atoms with Gasteiger partial charge in [0.25, 0.3) is 0 Å². The van der Waals surface area contributed by atoms with Crippen molar-refractivity contribution in [2.75, 3.05) is 39.3 Å². The van der Waals surface area contributed by atoms with Gasteiger partial charge < -0.3 is 20.0 Å². The minimum absolute atomic E-state index is 0.240. The predicted octanol–water partition coefficient (Wildman–Crippen LogP) is 9.36. The third-order valence-electron chi connectivity index (χ3n) is 8.15. The second kappa shape index (κ2) is 30.8. The molecule has 0 aromatic carbocycles. The van der Waals surface area contributed by atoms with Crippen molar-refractivity contribution in [3.8, 4) is 0 Å². The molecule has 2 atom stereocenters. The number of nitrogens with zero attached hydrogens (tertiary/aromatic N) is 2. The van der Waals surface area contributed by atoms with Crippen LogP contribution in [0.3, 0.4) is 0 Å². The number of hydrogen-bond acceptors (Lipinski definition) is 4. The first-order chi connectivity index (χ1) is 19.0. The van der Waals surface area contributed by atoms with Gasteiger partial charge >= 0.3 is 0 Å². The number of aliphatic hydroxyl groups excluding tert-OH is 2. The van der Waals surface area contributed by atoms with E-state index in [1.165, 1.54) is 148 Å². The fraction of sp³-hybridized carbons (Fsp3) is 1.00. The number of hydrogen-bond donors (Lipinski definition) is 2. The lowest BCUT2D eigenvalue weighted by Crippen LogP contribution is -2.34. The second-order valence-electron chi connectivity index (χ2n) is 12.7. The van der Waals surface area contributed by atoms with Crippen molar-refractivity contribution in [2.24, 2.45) is 0 Å². The Hall–Kier alpha value is -0.160. The summed E-state index contributed by atoms with van der Waals surface area (Å²) in [5.74, 6) is 0. The highest BCUT2D eigenvalue weighted by molar-refractivity contribution is 4.65. The van der Waals surface area contributed by atoms with Gasteiger partial charge in [-0.05, 0) is 65.7 Å². The van der Waals surface area contributed by atoms with E-state index in [4.69, 9.17) is 0 Å². The van der Waals surface area contributed by atoms with Crippen molar-refractivity contribution < 1.29 is 10.2 Å². The first-order valence-corrected chi connectivity index (χ1v) is 17.8. The van der Waals surface area contributed by atoms with Crippen molar-refractivity contribution in [2.45, 2.75) is 188 Å². The molecule has 0 aliphatic heterocycles. The average Bonchev–Trinajstić information content (AvgIpc) is 2.89. The molecule has 2 N–H and O–H groups in total. The molecule has 0 amide bonds. The smallest absolute Gasteiger partial charge is 0.0639 e. The molecule has 236 valence electrons. The van der Waals surface area contributed by atoms with Crippen LogP contribution in [0, 0.1) is 0 Å². The van der Waals surface area contributed by atoms with Gasteiger partial charge in [-0.1, -0.05) is 136 Å². The highest BCUT2D eigenvalue weighted by Crippen LogP contribution is 2.13. The Bertz CT molecular complexity index is 418.